The quantitative estimate of drug-likeness (QED) is 0.705. The first-order valence-electron chi connectivity index (χ1n) is 5.79. The lowest BCUT2D eigenvalue weighted by molar-refractivity contribution is 0.129. The van der Waals surface area contributed by atoms with Gasteiger partial charge in [0.05, 0.1) is 6.10 Å². The number of aliphatic hydroxyl groups excluding tert-OH is 1. The maximum atomic E-state index is 9.17. The highest BCUT2D eigenvalue weighted by molar-refractivity contribution is 4.82. The highest BCUT2D eigenvalue weighted by Gasteiger charge is 2.23. The predicted molar refractivity (Wildman–Crippen MR) is 59.4 cm³/mol. The van der Waals surface area contributed by atoms with Gasteiger partial charge in [0.2, 0.25) is 0 Å². The molecule has 3 nitrogen and oxygen atoms in total. The molecule has 0 bridgehead atoms. The number of nitrogens with zero attached hydrogens (tertiary/aromatic N) is 1. The Kier molecular flexibility index (Phi) is 4.85. The Labute approximate surface area is 87.5 Å². The summed E-state index contributed by atoms with van der Waals surface area (Å²) in [5.74, 6) is 0. The van der Waals surface area contributed by atoms with E-state index in [-0.39, 0.29) is 6.10 Å². The van der Waals surface area contributed by atoms with E-state index in [0.29, 0.717) is 12.1 Å². The van der Waals surface area contributed by atoms with Gasteiger partial charge in [-0.3, -0.25) is 0 Å². The average molecular weight is 200 g/mol. The van der Waals surface area contributed by atoms with Crippen molar-refractivity contribution < 1.29 is 5.11 Å². The molecule has 3 unspecified atom stereocenters. The van der Waals surface area contributed by atoms with Crippen LogP contribution in [0.15, 0.2) is 0 Å². The molecule has 1 heterocycles. The molecule has 0 aromatic carbocycles. The zero-order chi connectivity index (χ0) is 10.6. The predicted octanol–water partition coefficient (Wildman–Crippen LogP) is 0.830. The van der Waals surface area contributed by atoms with Gasteiger partial charge in [0.15, 0.2) is 0 Å². The fourth-order valence-corrected chi connectivity index (χ4v) is 2.21. The van der Waals surface area contributed by atoms with E-state index < -0.39 is 0 Å². The molecule has 0 saturated carbocycles. The van der Waals surface area contributed by atoms with Crippen molar-refractivity contribution in [3.05, 3.63) is 0 Å². The molecule has 0 amide bonds. The minimum Gasteiger partial charge on any atom is -0.392 e. The topological polar surface area (TPSA) is 35.5 Å². The van der Waals surface area contributed by atoms with Gasteiger partial charge in [-0.1, -0.05) is 6.92 Å². The van der Waals surface area contributed by atoms with E-state index in [1.165, 1.54) is 19.4 Å². The van der Waals surface area contributed by atoms with Crippen LogP contribution in [0.5, 0.6) is 0 Å². The zero-order valence-corrected chi connectivity index (χ0v) is 9.66. The Bertz CT molecular complexity index is 161. The third-order valence-electron chi connectivity index (χ3n) is 3.12. The minimum atomic E-state index is -0.227. The maximum absolute atomic E-state index is 9.17. The third-order valence-corrected chi connectivity index (χ3v) is 3.12. The van der Waals surface area contributed by atoms with Gasteiger partial charge in [-0.25, -0.2) is 0 Å². The molecule has 1 rings (SSSR count). The summed E-state index contributed by atoms with van der Waals surface area (Å²) in [4.78, 5) is 2.51. The van der Waals surface area contributed by atoms with Crippen LogP contribution in [0.1, 0.15) is 33.6 Å². The van der Waals surface area contributed by atoms with E-state index in [1.54, 1.807) is 0 Å². The average Bonchev–Trinajstić information content (AvgIpc) is 2.15. The van der Waals surface area contributed by atoms with E-state index >= 15 is 0 Å². The van der Waals surface area contributed by atoms with Crippen molar-refractivity contribution in [2.24, 2.45) is 0 Å². The molecule has 1 saturated heterocycles. The van der Waals surface area contributed by atoms with Gasteiger partial charge in [0.25, 0.3) is 0 Å². The number of rotatable bonds is 4. The summed E-state index contributed by atoms with van der Waals surface area (Å²) in [5.41, 5.74) is 0. The molecule has 0 aromatic rings. The summed E-state index contributed by atoms with van der Waals surface area (Å²) in [7, 11) is 0. The van der Waals surface area contributed by atoms with Gasteiger partial charge in [0, 0.05) is 18.6 Å². The van der Waals surface area contributed by atoms with Crippen LogP contribution in [0.25, 0.3) is 0 Å². The van der Waals surface area contributed by atoms with Gasteiger partial charge in [-0.2, -0.15) is 0 Å². The second-order valence-electron chi connectivity index (χ2n) is 4.46. The Hall–Kier alpha value is -0.120. The second-order valence-corrected chi connectivity index (χ2v) is 4.46. The van der Waals surface area contributed by atoms with Crippen molar-refractivity contribution in [2.75, 3.05) is 19.6 Å². The highest BCUT2D eigenvalue weighted by Crippen LogP contribution is 2.16. The van der Waals surface area contributed by atoms with Crippen molar-refractivity contribution in [3.8, 4) is 0 Å². The Balaban J connectivity index is 2.24. The fraction of sp³-hybridized carbons (Fsp3) is 1.00. The summed E-state index contributed by atoms with van der Waals surface area (Å²) in [6.07, 6.45) is 2.19. The van der Waals surface area contributed by atoms with Gasteiger partial charge < -0.3 is 15.3 Å². The molecule has 0 spiro atoms. The van der Waals surface area contributed by atoms with Gasteiger partial charge in [0.1, 0.15) is 0 Å². The van der Waals surface area contributed by atoms with Crippen LogP contribution in [-0.2, 0) is 0 Å². The first-order valence-corrected chi connectivity index (χ1v) is 5.79. The van der Waals surface area contributed by atoms with Crippen LogP contribution in [0, 0.1) is 0 Å². The Morgan fingerprint density at radius 3 is 2.79 bits per heavy atom. The van der Waals surface area contributed by atoms with E-state index in [0.717, 1.165) is 13.1 Å². The van der Waals surface area contributed by atoms with Crippen LogP contribution in [0.4, 0.5) is 0 Å². The molecule has 1 aliphatic heterocycles. The first-order chi connectivity index (χ1) is 6.63. The minimum absolute atomic E-state index is 0.227. The van der Waals surface area contributed by atoms with Crippen LogP contribution in [0.2, 0.25) is 0 Å². The Morgan fingerprint density at radius 1 is 1.57 bits per heavy atom. The van der Waals surface area contributed by atoms with Crippen molar-refractivity contribution >= 4 is 0 Å². The smallest absolute Gasteiger partial charge is 0.0636 e. The van der Waals surface area contributed by atoms with E-state index in [4.69, 9.17) is 0 Å². The molecular formula is C11H24N2O. The number of hydrogen-bond donors (Lipinski definition) is 2. The first kappa shape index (κ1) is 12.0. The fourth-order valence-electron chi connectivity index (χ4n) is 2.21. The summed E-state index contributed by atoms with van der Waals surface area (Å²) < 4.78 is 0. The van der Waals surface area contributed by atoms with Crippen LogP contribution >= 0.6 is 0 Å². The Morgan fingerprint density at radius 2 is 2.29 bits per heavy atom. The van der Waals surface area contributed by atoms with Crippen molar-refractivity contribution in [2.45, 2.75) is 51.8 Å². The lowest BCUT2D eigenvalue weighted by Gasteiger charge is -2.37. The molecular weight excluding hydrogens is 176 g/mol. The highest BCUT2D eigenvalue weighted by atomic mass is 16.3. The number of aliphatic hydroxyl groups is 1. The van der Waals surface area contributed by atoms with Crippen LogP contribution < -0.4 is 5.32 Å². The molecule has 3 heteroatoms. The van der Waals surface area contributed by atoms with Crippen molar-refractivity contribution in [3.63, 3.8) is 0 Å². The maximum Gasteiger partial charge on any atom is 0.0636 e. The van der Waals surface area contributed by atoms with Crippen LogP contribution in [-0.4, -0.2) is 47.8 Å². The molecule has 3 atom stereocenters. The van der Waals surface area contributed by atoms with Crippen molar-refractivity contribution in [1.29, 1.82) is 0 Å². The normalized spacial score (nSPS) is 31.7. The number of hydrogen-bond acceptors (Lipinski definition) is 3. The number of likely N-dealkylation sites (tertiary alicyclic amines) is 1. The molecule has 14 heavy (non-hydrogen) atoms. The molecule has 0 aliphatic carbocycles. The molecule has 0 radical (unpaired) electrons. The summed E-state index contributed by atoms with van der Waals surface area (Å²) in [6, 6.07) is 1.28. The second kappa shape index (κ2) is 5.69. The standard InChI is InChI=1S/C11H24N2O/c1-4-13-6-5-11(7-9(13)2)12-8-10(3)14/h9-12,14H,4-8H2,1-3H3. The lowest BCUT2D eigenvalue weighted by Crippen LogP contribution is -2.48. The summed E-state index contributed by atoms with van der Waals surface area (Å²) in [5, 5.41) is 12.6. The van der Waals surface area contributed by atoms with Gasteiger partial charge in [-0.05, 0) is 39.8 Å². The largest absolute Gasteiger partial charge is 0.392 e. The SMILES string of the molecule is CCN1CCC(NCC(C)O)CC1C. The molecule has 2 N–H and O–H groups in total. The lowest BCUT2D eigenvalue weighted by atomic mass is 9.98. The zero-order valence-electron chi connectivity index (χ0n) is 9.66. The molecule has 84 valence electrons. The molecule has 0 aromatic heterocycles. The summed E-state index contributed by atoms with van der Waals surface area (Å²) in [6.45, 7) is 9.42. The van der Waals surface area contributed by atoms with E-state index in [2.05, 4.69) is 24.1 Å². The van der Waals surface area contributed by atoms with Crippen LogP contribution in [0.3, 0.4) is 0 Å². The van der Waals surface area contributed by atoms with E-state index in [1.807, 2.05) is 6.92 Å². The molecule has 1 fully saturated rings. The molecule has 1 aliphatic rings. The number of nitrogens with one attached hydrogen (secondary N) is 1. The van der Waals surface area contributed by atoms with Gasteiger partial charge >= 0.3 is 0 Å². The summed E-state index contributed by atoms with van der Waals surface area (Å²) >= 11 is 0. The van der Waals surface area contributed by atoms with E-state index in [9.17, 15) is 5.11 Å². The van der Waals surface area contributed by atoms with Crippen molar-refractivity contribution in [1.82, 2.24) is 10.2 Å². The third kappa shape index (κ3) is 3.56. The van der Waals surface area contributed by atoms with Gasteiger partial charge in [-0.15, -0.1) is 0 Å². The monoisotopic (exact) mass is 200 g/mol. The number of piperidine rings is 1.